The van der Waals surface area contributed by atoms with Crippen molar-refractivity contribution in [1.29, 1.82) is 0 Å². The highest BCUT2D eigenvalue weighted by Crippen LogP contribution is 2.02. The molecule has 0 aliphatic heterocycles. The number of unbranched alkanes of at least 4 members (excludes halogenated alkanes) is 4. The summed E-state index contributed by atoms with van der Waals surface area (Å²) in [5, 5.41) is 8.45. The van der Waals surface area contributed by atoms with Crippen LogP contribution in [0.15, 0.2) is 36.5 Å². The molecule has 0 aromatic rings. The first kappa shape index (κ1) is 16.3. The molecule has 0 aliphatic rings. The van der Waals surface area contributed by atoms with Crippen molar-refractivity contribution < 1.29 is 5.11 Å². The van der Waals surface area contributed by atoms with E-state index in [4.69, 9.17) is 5.11 Å². The zero-order valence-electron chi connectivity index (χ0n) is 11.2. The predicted molar refractivity (Wildman–Crippen MR) is 78.8 cm³/mol. The van der Waals surface area contributed by atoms with Gasteiger partial charge in [-0.2, -0.15) is 0 Å². The molecular formula is C17H22O. The van der Waals surface area contributed by atoms with Crippen molar-refractivity contribution in [3.8, 4) is 23.7 Å². The van der Waals surface area contributed by atoms with Crippen LogP contribution in [-0.2, 0) is 0 Å². The quantitative estimate of drug-likeness (QED) is 0.410. The number of aliphatic hydroxyl groups excluding tert-OH is 1. The molecule has 96 valence electrons. The zero-order chi connectivity index (χ0) is 13.3. The maximum Gasteiger partial charge on any atom is 0.0621 e. The molecule has 0 saturated carbocycles. The van der Waals surface area contributed by atoms with Gasteiger partial charge in [0.25, 0.3) is 0 Å². The summed E-state index contributed by atoms with van der Waals surface area (Å²) < 4.78 is 0. The Morgan fingerprint density at radius 1 is 0.889 bits per heavy atom. The van der Waals surface area contributed by atoms with Crippen LogP contribution in [0, 0.1) is 23.7 Å². The summed E-state index contributed by atoms with van der Waals surface area (Å²) in [7, 11) is 0. The normalized spacial score (nSPS) is 10.6. The molecule has 0 bridgehead atoms. The zero-order valence-corrected chi connectivity index (χ0v) is 11.2. The number of allylic oxidation sites excluding steroid dienone is 5. The molecule has 18 heavy (non-hydrogen) atoms. The van der Waals surface area contributed by atoms with Gasteiger partial charge in [-0.05, 0) is 36.8 Å². The van der Waals surface area contributed by atoms with Crippen LogP contribution in [-0.4, -0.2) is 11.7 Å². The SMILES string of the molecule is CCCCCC/C=C/C=C/C#CC#C/C=C\CO. The molecule has 0 atom stereocenters. The first-order valence-corrected chi connectivity index (χ1v) is 6.50. The Balaban J connectivity index is 3.63. The monoisotopic (exact) mass is 242 g/mol. The smallest absolute Gasteiger partial charge is 0.0621 e. The highest BCUT2D eigenvalue weighted by atomic mass is 16.2. The van der Waals surface area contributed by atoms with Crippen LogP contribution in [0.1, 0.15) is 39.0 Å². The fourth-order valence-corrected chi connectivity index (χ4v) is 1.23. The summed E-state index contributed by atoms with van der Waals surface area (Å²) in [5.74, 6) is 10.9. The molecule has 0 spiro atoms. The number of hydrogen-bond donors (Lipinski definition) is 1. The van der Waals surface area contributed by atoms with Gasteiger partial charge in [-0.1, -0.05) is 62.3 Å². The third-order valence-electron chi connectivity index (χ3n) is 2.16. The van der Waals surface area contributed by atoms with E-state index in [1.54, 1.807) is 18.2 Å². The standard InChI is InChI=1S/C17H22O/c1-2-3-4-5-6-7-8-9-10-11-12-13-14-15-16-17-18/h7-10,15-16,18H,2-6,17H2,1H3/b8-7+,10-9+,16-15-. The van der Waals surface area contributed by atoms with E-state index in [0.717, 1.165) is 6.42 Å². The van der Waals surface area contributed by atoms with Crippen LogP contribution in [0.2, 0.25) is 0 Å². The number of hydrogen-bond acceptors (Lipinski definition) is 1. The largest absolute Gasteiger partial charge is 0.392 e. The summed E-state index contributed by atoms with van der Waals surface area (Å²) in [4.78, 5) is 0. The van der Waals surface area contributed by atoms with E-state index in [1.807, 2.05) is 12.2 Å². The van der Waals surface area contributed by atoms with Crippen molar-refractivity contribution in [3.05, 3.63) is 36.5 Å². The van der Waals surface area contributed by atoms with E-state index in [2.05, 4.69) is 36.7 Å². The van der Waals surface area contributed by atoms with Gasteiger partial charge in [-0.25, -0.2) is 0 Å². The summed E-state index contributed by atoms with van der Waals surface area (Å²) in [6, 6.07) is 0. The summed E-state index contributed by atoms with van der Waals surface area (Å²) in [6.45, 7) is 2.24. The Morgan fingerprint density at radius 3 is 2.39 bits per heavy atom. The Bertz CT molecular complexity index is 377. The molecule has 1 nitrogen and oxygen atoms in total. The van der Waals surface area contributed by atoms with Gasteiger partial charge in [-0.3, -0.25) is 0 Å². The fourth-order valence-electron chi connectivity index (χ4n) is 1.23. The van der Waals surface area contributed by atoms with Crippen molar-refractivity contribution in [2.75, 3.05) is 6.61 Å². The van der Waals surface area contributed by atoms with E-state index >= 15 is 0 Å². The van der Waals surface area contributed by atoms with Gasteiger partial charge in [0.05, 0.1) is 6.61 Å². The topological polar surface area (TPSA) is 20.2 Å². The van der Waals surface area contributed by atoms with Crippen LogP contribution < -0.4 is 0 Å². The minimum Gasteiger partial charge on any atom is -0.392 e. The molecule has 0 saturated heterocycles. The molecule has 0 fully saturated rings. The molecule has 1 N–H and O–H groups in total. The van der Waals surface area contributed by atoms with Crippen LogP contribution in [0.3, 0.4) is 0 Å². The van der Waals surface area contributed by atoms with Gasteiger partial charge in [-0.15, -0.1) is 0 Å². The van der Waals surface area contributed by atoms with Gasteiger partial charge < -0.3 is 5.11 Å². The molecule has 0 aliphatic carbocycles. The molecule has 0 unspecified atom stereocenters. The number of aliphatic hydroxyl groups is 1. The van der Waals surface area contributed by atoms with Crippen LogP contribution in [0.25, 0.3) is 0 Å². The Kier molecular flexibility index (Phi) is 13.9. The molecular weight excluding hydrogens is 220 g/mol. The fraction of sp³-hybridized carbons (Fsp3) is 0.412. The lowest BCUT2D eigenvalue weighted by Gasteiger charge is -1.92. The van der Waals surface area contributed by atoms with E-state index in [9.17, 15) is 0 Å². The van der Waals surface area contributed by atoms with E-state index in [-0.39, 0.29) is 6.61 Å². The third-order valence-corrected chi connectivity index (χ3v) is 2.16. The lowest BCUT2D eigenvalue weighted by atomic mass is 10.1. The Hall–Kier alpha value is -1.70. The predicted octanol–water partition coefficient (Wildman–Crippen LogP) is 3.62. The van der Waals surface area contributed by atoms with Crippen molar-refractivity contribution in [3.63, 3.8) is 0 Å². The third kappa shape index (κ3) is 14.3. The number of rotatable bonds is 7. The second-order valence-electron chi connectivity index (χ2n) is 3.76. The van der Waals surface area contributed by atoms with Gasteiger partial charge in [0.2, 0.25) is 0 Å². The van der Waals surface area contributed by atoms with Crippen molar-refractivity contribution in [2.45, 2.75) is 39.0 Å². The van der Waals surface area contributed by atoms with Crippen LogP contribution in [0.4, 0.5) is 0 Å². The molecule has 0 amide bonds. The molecule has 0 aromatic carbocycles. The van der Waals surface area contributed by atoms with E-state index in [1.165, 1.54) is 25.7 Å². The average Bonchev–Trinajstić information content (AvgIpc) is 2.39. The molecule has 1 heteroatoms. The van der Waals surface area contributed by atoms with E-state index in [0.29, 0.717) is 0 Å². The van der Waals surface area contributed by atoms with Crippen molar-refractivity contribution in [1.82, 2.24) is 0 Å². The Labute approximate surface area is 111 Å². The molecule has 0 heterocycles. The van der Waals surface area contributed by atoms with E-state index < -0.39 is 0 Å². The molecule has 0 rings (SSSR count). The van der Waals surface area contributed by atoms with Crippen molar-refractivity contribution in [2.24, 2.45) is 0 Å². The lowest BCUT2D eigenvalue weighted by molar-refractivity contribution is 0.343. The first-order chi connectivity index (χ1) is 8.91. The van der Waals surface area contributed by atoms with Crippen LogP contribution in [0.5, 0.6) is 0 Å². The highest BCUT2D eigenvalue weighted by molar-refractivity contribution is 5.34. The minimum atomic E-state index is 0.0189. The summed E-state index contributed by atoms with van der Waals surface area (Å²) in [6.07, 6.45) is 17.4. The first-order valence-electron chi connectivity index (χ1n) is 6.50. The lowest BCUT2D eigenvalue weighted by Crippen LogP contribution is -1.72. The van der Waals surface area contributed by atoms with Gasteiger partial charge in [0.15, 0.2) is 0 Å². The Morgan fingerprint density at radius 2 is 1.67 bits per heavy atom. The maximum atomic E-state index is 8.45. The van der Waals surface area contributed by atoms with Gasteiger partial charge >= 0.3 is 0 Å². The van der Waals surface area contributed by atoms with Gasteiger partial charge in [0.1, 0.15) is 0 Å². The van der Waals surface area contributed by atoms with Gasteiger partial charge in [0, 0.05) is 0 Å². The molecule has 0 aromatic heterocycles. The highest BCUT2D eigenvalue weighted by Gasteiger charge is 1.82. The van der Waals surface area contributed by atoms with Crippen molar-refractivity contribution >= 4 is 0 Å². The maximum absolute atomic E-state index is 8.45. The van der Waals surface area contributed by atoms with Crippen LogP contribution >= 0.6 is 0 Å². The second-order valence-corrected chi connectivity index (χ2v) is 3.76. The average molecular weight is 242 g/mol. The second kappa shape index (κ2) is 15.3. The summed E-state index contributed by atoms with van der Waals surface area (Å²) >= 11 is 0. The summed E-state index contributed by atoms with van der Waals surface area (Å²) in [5.41, 5.74) is 0. The molecule has 0 radical (unpaired) electrons. The minimum absolute atomic E-state index is 0.0189.